The van der Waals surface area contributed by atoms with Gasteiger partial charge in [-0.1, -0.05) is 77.4 Å². The molecule has 0 bridgehead atoms. The summed E-state index contributed by atoms with van der Waals surface area (Å²) >= 11 is 6.12. The molecule has 0 saturated carbocycles. The molecule has 0 radical (unpaired) electrons. The van der Waals surface area contributed by atoms with Gasteiger partial charge in [0.15, 0.2) is 5.82 Å². The highest BCUT2D eigenvalue weighted by Crippen LogP contribution is 2.26. The van der Waals surface area contributed by atoms with E-state index >= 15 is 0 Å². The van der Waals surface area contributed by atoms with Crippen LogP contribution in [0.4, 0.5) is 0 Å². The first-order valence-corrected chi connectivity index (χ1v) is 9.39. The molecule has 140 valence electrons. The van der Waals surface area contributed by atoms with Crippen molar-refractivity contribution in [3.05, 3.63) is 100 Å². The monoisotopic (exact) mass is 399 g/mol. The van der Waals surface area contributed by atoms with Crippen molar-refractivity contribution in [1.29, 1.82) is 0 Å². The molecule has 0 aliphatic carbocycles. The number of benzene rings is 3. The van der Waals surface area contributed by atoms with Gasteiger partial charge in [0, 0.05) is 22.2 Å². The molecule has 2 heterocycles. The fraction of sp³-hybridized carbons (Fsp3) is 0. The number of hydrogen-bond acceptors (Lipinski definition) is 4. The van der Waals surface area contributed by atoms with Gasteiger partial charge in [-0.2, -0.15) is 0 Å². The molecule has 0 N–H and O–H groups in total. The van der Waals surface area contributed by atoms with E-state index in [-0.39, 0.29) is 5.56 Å². The summed E-state index contributed by atoms with van der Waals surface area (Å²) in [7, 11) is 0. The molecular weight excluding hydrogens is 386 g/mol. The van der Waals surface area contributed by atoms with Crippen molar-refractivity contribution in [3.8, 4) is 28.5 Å². The molecule has 3 aromatic carbocycles. The van der Waals surface area contributed by atoms with E-state index in [1.165, 1.54) is 4.57 Å². The van der Waals surface area contributed by atoms with Crippen LogP contribution in [0.15, 0.2) is 94.2 Å². The lowest BCUT2D eigenvalue weighted by Crippen LogP contribution is -2.21. The summed E-state index contributed by atoms with van der Waals surface area (Å²) < 4.78 is 7.02. The summed E-state index contributed by atoms with van der Waals surface area (Å²) in [5.41, 5.74) is 2.60. The number of hydrogen-bond donors (Lipinski definition) is 0. The van der Waals surface area contributed by atoms with Gasteiger partial charge in [0.05, 0.1) is 10.9 Å². The second kappa shape index (κ2) is 7.04. The zero-order valence-corrected chi connectivity index (χ0v) is 15.9. The Hall–Kier alpha value is -3.70. The van der Waals surface area contributed by atoms with Gasteiger partial charge in [-0.15, -0.1) is 0 Å². The van der Waals surface area contributed by atoms with E-state index < -0.39 is 0 Å². The van der Waals surface area contributed by atoms with Crippen molar-refractivity contribution in [2.24, 2.45) is 0 Å². The van der Waals surface area contributed by atoms with Gasteiger partial charge in [0.2, 0.25) is 5.88 Å². The van der Waals surface area contributed by atoms with Crippen LogP contribution in [-0.2, 0) is 0 Å². The van der Waals surface area contributed by atoms with Gasteiger partial charge in [-0.3, -0.25) is 4.79 Å². The average molecular weight is 400 g/mol. The zero-order valence-electron chi connectivity index (χ0n) is 15.1. The van der Waals surface area contributed by atoms with Gasteiger partial charge in [-0.25, -0.2) is 9.55 Å². The van der Waals surface area contributed by atoms with Gasteiger partial charge < -0.3 is 4.52 Å². The van der Waals surface area contributed by atoms with Crippen LogP contribution < -0.4 is 5.56 Å². The molecule has 0 spiro atoms. The van der Waals surface area contributed by atoms with E-state index in [4.69, 9.17) is 21.1 Å². The first-order valence-electron chi connectivity index (χ1n) is 9.01. The van der Waals surface area contributed by atoms with Crippen molar-refractivity contribution in [3.63, 3.8) is 0 Å². The number of nitrogens with zero attached hydrogens (tertiary/aromatic N) is 3. The topological polar surface area (TPSA) is 60.9 Å². The molecule has 5 nitrogen and oxygen atoms in total. The number of rotatable bonds is 3. The fourth-order valence-electron chi connectivity index (χ4n) is 3.26. The lowest BCUT2D eigenvalue weighted by Gasteiger charge is -2.11. The molecule has 2 aromatic heterocycles. The largest absolute Gasteiger partial charge is 0.337 e. The van der Waals surface area contributed by atoms with Crippen LogP contribution in [0.5, 0.6) is 0 Å². The summed E-state index contributed by atoms with van der Waals surface area (Å²) in [6.45, 7) is 0. The maximum atomic E-state index is 13.4. The van der Waals surface area contributed by atoms with Crippen LogP contribution in [0.2, 0.25) is 5.02 Å². The minimum Gasteiger partial charge on any atom is -0.337 e. The summed E-state index contributed by atoms with van der Waals surface area (Å²) in [6.07, 6.45) is 0. The van der Waals surface area contributed by atoms with Crippen molar-refractivity contribution >= 4 is 22.5 Å². The fourth-order valence-corrected chi connectivity index (χ4v) is 3.43. The molecule has 0 amide bonds. The highest BCUT2D eigenvalue weighted by molar-refractivity contribution is 6.31. The maximum Gasteiger partial charge on any atom is 0.268 e. The third-order valence-corrected chi connectivity index (χ3v) is 4.89. The molecule has 0 saturated heterocycles. The lowest BCUT2D eigenvalue weighted by atomic mass is 10.1. The van der Waals surface area contributed by atoms with E-state index in [1.807, 2.05) is 60.7 Å². The molecule has 0 atom stereocenters. The molecular formula is C23H14ClN3O2. The highest BCUT2D eigenvalue weighted by Gasteiger charge is 2.18. The van der Waals surface area contributed by atoms with E-state index in [2.05, 4.69) is 5.16 Å². The molecule has 0 aliphatic rings. The minimum absolute atomic E-state index is 0.249. The summed E-state index contributed by atoms with van der Waals surface area (Å²) in [5.74, 6) is 0.762. The van der Waals surface area contributed by atoms with E-state index in [0.29, 0.717) is 33.3 Å². The molecule has 0 aliphatic heterocycles. The van der Waals surface area contributed by atoms with Crippen LogP contribution in [0, 0.1) is 0 Å². The third-order valence-electron chi connectivity index (χ3n) is 4.65. The van der Waals surface area contributed by atoms with Crippen LogP contribution in [0.25, 0.3) is 39.4 Å². The Kier molecular flexibility index (Phi) is 4.22. The molecule has 5 aromatic rings. The second-order valence-corrected chi connectivity index (χ2v) is 6.96. The predicted molar refractivity (Wildman–Crippen MR) is 113 cm³/mol. The third kappa shape index (κ3) is 3.11. The van der Waals surface area contributed by atoms with Crippen LogP contribution in [-0.4, -0.2) is 14.7 Å². The van der Waals surface area contributed by atoms with Crippen LogP contribution in [0.1, 0.15) is 0 Å². The standard InChI is InChI=1S/C23H14ClN3O2/c24-17-11-12-18-20(13-17)25-22(16-9-5-2-6-10-16)27(23(18)28)21-14-19(26-29-21)15-7-3-1-4-8-15/h1-14H. The van der Waals surface area contributed by atoms with Gasteiger partial charge in [0.1, 0.15) is 5.69 Å². The van der Waals surface area contributed by atoms with E-state index in [9.17, 15) is 4.79 Å². The smallest absolute Gasteiger partial charge is 0.268 e. The summed E-state index contributed by atoms with van der Waals surface area (Å²) in [6, 6.07) is 25.9. The van der Waals surface area contributed by atoms with Crippen LogP contribution in [0.3, 0.4) is 0 Å². The number of fused-ring (bicyclic) bond motifs is 1. The van der Waals surface area contributed by atoms with E-state index in [0.717, 1.165) is 11.1 Å². The first kappa shape index (κ1) is 17.4. The average Bonchev–Trinajstić information content (AvgIpc) is 3.24. The Balaban J connectivity index is 1.79. The van der Waals surface area contributed by atoms with Gasteiger partial charge in [-0.05, 0) is 18.2 Å². The SMILES string of the molecule is O=c1c2ccc(Cl)cc2nc(-c2ccccc2)n1-c1cc(-c2ccccc2)no1. The Morgan fingerprint density at radius 3 is 2.24 bits per heavy atom. The second-order valence-electron chi connectivity index (χ2n) is 6.52. The summed E-state index contributed by atoms with van der Waals surface area (Å²) in [5, 5.41) is 5.12. The number of halogens is 1. The van der Waals surface area contributed by atoms with Crippen molar-refractivity contribution in [2.75, 3.05) is 0 Å². The quantitative estimate of drug-likeness (QED) is 0.409. The van der Waals surface area contributed by atoms with Crippen molar-refractivity contribution in [1.82, 2.24) is 14.7 Å². The Bertz CT molecular complexity index is 1380. The minimum atomic E-state index is -0.249. The number of aromatic nitrogens is 3. The molecule has 5 rings (SSSR count). The molecule has 0 fully saturated rings. The normalized spacial score (nSPS) is 11.1. The van der Waals surface area contributed by atoms with Crippen molar-refractivity contribution < 1.29 is 4.52 Å². The van der Waals surface area contributed by atoms with Crippen LogP contribution >= 0.6 is 11.6 Å². The summed E-state index contributed by atoms with van der Waals surface area (Å²) in [4.78, 5) is 18.1. The molecule has 0 unspecified atom stereocenters. The van der Waals surface area contributed by atoms with Gasteiger partial charge in [0.25, 0.3) is 5.56 Å². The highest BCUT2D eigenvalue weighted by atomic mass is 35.5. The Labute approximate surface area is 170 Å². The zero-order chi connectivity index (χ0) is 19.8. The van der Waals surface area contributed by atoms with Gasteiger partial charge >= 0.3 is 0 Å². The van der Waals surface area contributed by atoms with Crippen molar-refractivity contribution in [2.45, 2.75) is 0 Å². The maximum absolute atomic E-state index is 13.4. The Morgan fingerprint density at radius 1 is 0.828 bits per heavy atom. The predicted octanol–water partition coefficient (Wildman–Crippen LogP) is 5.36. The molecule has 6 heteroatoms. The first-order chi connectivity index (χ1) is 14.2. The lowest BCUT2D eigenvalue weighted by molar-refractivity contribution is 0.406. The Morgan fingerprint density at radius 2 is 1.52 bits per heavy atom. The van der Waals surface area contributed by atoms with E-state index in [1.54, 1.807) is 24.3 Å². The molecule has 29 heavy (non-hydrogen) atoms.